The van der Waals surface area contributed by atoms with Crippen molar-refractivity contribution in [2.45, 2.75) is 6.92 Å². The van der Waals surface area contributed by atoms with Crippen molar-refractivity contribution in [2.75, 3.05) is 19.0 Å². The first-order valence-electron chi connectivity index (χ1n) is 10.9. The van der Waals surface area contributed by atoms with Crippen molar-refractivity contribution in [3.05, 3.63) is 89.5 Å². The second-order valence-electron chi connectivity index (χ2n) is 7.37. The van der Waals surface area contributed by atoms with Gasteiger partial charge in [-0.15, -0.1) is 0 Å². The molecule has 0 fully saturated rings. The van der Waals surface area contributed by atoms with Crippen LogP contribution in [-0.2, 0) is 9.53 Å². The van der Waals surface area contributed by atoms with E-state index >= 15 is 0 Å². The van der Waals surface area contributed by atoms with E-state index in [4.69, 9.17) is 21.1 Å². The maximum Gasteiger partial charge on any atom is 0.330 e. The minimum Gasteiger partial charge on any atom is -0.497 e. The maximum absolute atomic E-state index is 11.5. The summed E-state index contributed by atoms with van der Waals surface area (Å²) in [5.41, 5.74) is 3.28. The molecule has 3 aromatic carbocycles. The molecule has 0 amide bonds. The van der Waals surface area contributed by atoms with E-state index < -0.39 is 0 Å². The van der Waals surface area contributed by atoms with E-state index in [0.717, 1.165) is 28.1 Å². The van der Waals surface area contributed by atoms with Crippen LogP contribution < -0.4 is 10.1 Å². The monoisotopic (exact) mass is 486 g/mol. The van der Waals surface area contributed by atoms with E-state index in [0.29, 0.717) is 29.2 Å². The van der Waals surface area contributed by atoms with Crippen LogP contribution in [0, 0.1) is 0 Å². The van der Waals surface area contributed by atoms with Gasteiger partial charge in [0.25, 0.3) is 0 Å². The van der Waals surface area contributed by atoms with Crippen molar-refractivity contribution >= 4 is 35.3 Å². The lowest BCUT2D eigenvalue weighted by Crippen LogP contribution is -2.03. The van der Waals surface area contributed by atoms with Crippen molar-refractivity contribution in [3.8, 4) is 28.5 Å². The van der Waals surface area contributed by atoms with Gasteiger partial charge in [-0.25, -0.2) is 9.78 Å². The molecule has 35 heavy (non-hydrogen) atoms. The quantitative estimate of drug-likeness (QED) is 0.235. The predicted octanol–water partition coefficient (Wildman–Crippen LogP) is 6.19. The minimum absolute atomic E-state index is 0.342. The van der Waals surface area contributed by atoms with Gasteiger partial charge in [0, 0.05) is 27.9 Å². The SMILES string of the molecule is CCOC(=O)/C=C/c1ccc(Nc2nc(-c3ccc(Cl)cc3)nc(-c3ccc(OC)cc3)n2)cc1. The molecule has 0 saturated carbocycles. The maximum atomic E-state index is 11.5. The molecule has 1 aromatic heterocycles. The van der Waals surface area contributed by atoms with E-state index in [9.17, 15) is 4.79 Å². The van der Waals surface area contributed by atoms with Crippen LogP contribution in [0.15, 0.2) is 78.9 Å². The van der Waals surface area contributed by atoms with Gasteiger partial charge in [0.05, 0.1) is 13.7 Å². The summed E-state index contributed by atoms with van der Waals surface area (Å²) in [4.78, 5) is 25.4. The molecule has 176 valence electrons. The van der Waals surface area contributed by atoms with E-state index in [2.05, 4.69) is 20.3 Å². The van der Waals surface area contributed by atoms with Gasteiger partial charge in [-0.1, -0.05) is 23.7 Å². The molecule has 0 aliphatic carbocycles. The Labute approximate surface area is 208 Å². The Morgan fingerprint density at radius 3 is 2.06 bits per heavy atom. The zero-order valence-corrected chi connectivity index (χ0v) is 20.0. The second kappa shape index (κ2) is 11.3. The molecule has 0 radical (unpaired) electrons. The normalized spacial score (nSPS) is 10.8. The number of carbonyl (C=O) groups excluding carboxylic acids is 1. The molecule has 0 bridgehead atoms. The van der Waals surface area contributed by atoms with Gasteiger partial charge in [-0.05, 0) is 79.2 Å². The number of benzene rings is 3. The number of esters is 1. The number of ether oxygens (including phenoxy) is 2. The third kappa shape index (κ3) is 6.43. The van der Waals surface area contributed by atoms with Gasteiger partial charge >= 0.3 is 5.97 Å². The average molecular weight is 487 g/mol. The number of hydrogen-bond donors (Lipinski definition) is 1. The zero-order chi connectivity index (χ0) is 24.6. The molecule has 0 saturated heterocycles. The molecule has 0 atom stereocenters. The number of carbonyl (C=O) groups is 1. The first kappa shape index (κ1) is 23.9. The van der Waals surface area contributed by atoms with Crippen LogP contribution in [-0.4, -0.2) is 34.6 Å². The Morgan fingerprint density at radius 1 is 0.886 bits per heavy atom. The molecule has 1 N–H and O–H groups in total. The van der Waals surface area contributed by atoms with Gasteiger partial charge < -0.3 is 14.8 Å². The summed E-state index contributed by atoms with van der Waals surface area (Å²) < 4.78 is 10.2. The highest BCUT2D eigenvalue weighted by molar-refractivity contribution is 6.30. The number of methoxy groups -OCH3 is 1. The molecule has 0 spiro atoms. The number of nitrogens with zero attached hydrogens (tertiary/aromatic N) is 3. The largest absolute Gasteiger partial charge is 0.497 e. The van der Waals surface area contributed by atoms with Gasteiger partial charge in [0.2, 0.25) is 5.95 Å². The molecular formula is C27H23ClN4O3. The first-order valence-corrected chi connectivity index (χ1v) is 11.3. The molecule has 0 aliphatic heterocycles. The summed E-state index contributed by atoms with van der Waals surface area (Å²) in [6.45, 7) is 2.11. The number of nitrogens with one attached hydrogen (secondary N) is 1. The fraction of sp³-hybridized carbons (Fsp3) is 0.111. The standard InChI is InChI=1S/C27H23ClN4O3/c1-3-35-24(33)17-6-18-4-13-22(14-5-18)29-27-31-25(19-7-11-21(28)12-8-19)30-26(32-27)20-9-15-23(34-2)16-10-20/h4-17H,3H2,1-2H3,(H,29,30,31,32)/b17-6+. The number of anilines is 2. The molecule has 4 rings (SSSR count). The number of hydrogen-bond acceptors (Lipinski definition) is 7. The Balaban J connectivity index is 1.63. The summed E-state index contributed by atoms with van der Waals surface area (Å²) >= 11 is 6.05. The van der Waals surface area contributed by atoms with Crippen LogP contribution in [0.3, 0.4) is 0 Å². The van der Waals surface area contributed by atoms with Crippen LogP contribution in [0.2, 0.25) is 5.02 Å². The van der Waals surface area contributed by atoms with Crippen molar-refractivity contribution in [1.29, 1.82) is 0 Å². The smallest absolute Gasteiger partial charge is 0.330 e. The first-order chi connectivity index (χ1) is 17.0. The highest BCUT2D eigenvalue weighted by Gasteiger charge is 2.11. The van der Waals surface area contributed by atoms with Crippen LogP contribution in [0.4, 0.5) is 11.6 Å². The van der Waals surface area contributed by atoms with E-state index in [1.165, 1.54) is 6.08 Å². The average Bonchev–Trinajstić information content (AvgIpc) is 2.89. The number of rotatable bonds is 8. The Kier molecular flexibility index (Phi) is 7.70. The fourth-order valence-electron chi connectivity index (χ4n) is 3.19. The number of halogens is 1. The van der Waals surface area contributed by atoms with Crippen molar-refractivity contribution in [1.82, 2.24) is 15.0 Å². The molecular weight excluding hydrogens is 464 g/mol. The van der Waals surface area contributed by atoms with Crippen LogP contribution in [0.5, 0.6) is 5.75 Å². The van der Waals surface area contributed by atoms with E-state index in [1.54, 1.807) is 32.2 Å². The van der Waals surface area contributed by atoms with Gasteiger partial charge in [0.1, 0.15) is 5.75 Å². The van der Waals surface area contributed by atoms with Crippen LogP contribution in [0.25, 0.3) is 28.9 Å². The van der Waals surface area contributed by atoms with Crippen molar-refractivity contribution < 1.29 is 14.3 Å². The molecule has 8 heteroatoms. The summed E-state index contributed by atoms with van der Waals surface area (Å²) in [6.07, 6.45) is 3.10. The van der Waals surface area contributed by atoms with Gasteiger partial charge in [0.15, 0.2) is 11.6 Å². The second-order valence-corrected chi connectivity index (χ2v) is 7.81. The molecule has 0 unspecified atom stereocenters. The zero-order valence-electron chi connectivity index (χ0n) is 19.2. The third-order valence-electron chi connectivity index (χ3n) is 4.95. The van der Waals surface area contributed by atoms with Gasteiger partial charge in [-0.2, -0.15) is 9.97 Å². The lowest BCUT2D eigenvalue weighted by molar-refractivity contribution is -0.137. The van der Waals surface area contributed by atoms with Crippen LogP contribution >= 0.6 is 11.6 Å². The summed E-state index contributed by atoms with van der Waals surface area (Å²) in [7, 11) is 1.62. The predicted molar refractivity (Wildman–Crippen MR) is 138 cm³/mol. The molecule has 4 aromatic rings. The third-order valence-corrected chi connectivity index (χ3v) is 5.20. The van der Waals surface area contributed by atoms with E-state index in [-0.39, 0.29) is 5.97 Å². The topological polar surface area (TPSA) is 86.2 Å². The summed E-state index contributed by atoms with van der Waals surface area (Å²) in [5.74, 6) is 1.80. The number of aromatic nitrogens is 3. The van der Waals surface area contributed by atoms with E-state index in [1.807, 2.05) is 60.7 Å². The lowest BCUT2D eigenvalue weighted by atomic mass is 10.2. The Bertz CT molecular complexity index is 1320. The highest BCUT2D eigenvalue weighted by atomic mass is 35.5. The Morgan fingerprint density at radius 2 is 1.49 bits per heavy atom. The summed E-state index contributed by atoms with van der Waals surface area (Å²) in [6, 6.07) is 22.3. The van der Waals surface area contributed by atoms with Crippen molar-refractivity contribution in [2.24, 2.45) is 0 Å². The van der Waals surface area contributed by atoms with Crippen molar-refractivity contribution in [3.63, 3.8) is 0 Å². The van der Waals surface area contributed by atoms with Crippen LogP contribution in [0.1, 0.15) is 12.5 Å². The summed E-state index contributed by atoms with van der Waals surface area (Å²) in [5, 5.41) is 3.87. The highest BCUT2D eigenvalue weighted by Crippen LogP contribution is 2.26. The lowest BCUT2D eigenvalue weighted by Gasteiger charge is -2.10. The molecule has 7 nitrogen and oxygen atoms in total. The molecule has 0 aliphatic rings. The van der Waals surface area contributed by atoms with Gasteiger partial charge in [-0.3, -0.25) is 0 Å². The fourth-order valence-corrected chi connectivity index (χ4v) is 3.32. The Hall–Kier alpha value is -4.23. The minimum atomic E-state index is -0.374. The molecule has 1 heterocycles.